The van der Waals surface area contributed by atoms with E-state index in [2.05, 4.69) is 0 Å². The second-order valence-electron chi connectivity index (χ2n) is 5.47. The van der Waals surface area contributed by atoms with Gasteiger partial charge in [0.25, 0.3) is 0 Å². The molecule has 0 N–H and O–H groups in total. The van der Waals surface area contributed by atoms with Crippen molar-refractivity contribution in [3.05, 3.63) is 35.6 Å². The van der Waals surface area contributed by atoms with Gasteiger partial charge in [0.1, 0.15) is 5.82 Å². The van der Waals surface area contributed by atoms with Crippen LogP contribution in [0.25, 0.3) is 0 Å². The summed E-state index contributed by atoms with van der Waals surface area (Å²) in [7, 11) is -3.50. The summed E-state index contributed by atoms with van der Waals surface area (Å²) in [5.41, 5.74) is 0.818. The van der Waals surface area contributed by atoms with Gasteiger partial charge in [0.2, 0.25) is 15.9 Å². The maximum Gasteiger partial charge on any atom is 0.238 e. The molecule has 23 heavy (non-hydrogen) atoms. The van der Waals surface area contributed by atoms with E-state index in [0.717, 1.165) is 16.1 Å². The Kier molecular flexibility index (Phi) is 6.09. The minimum atomic E-state index is -3.50. The number of carbonyl (C=O) groups excluding carboxylic acids is 1. The molecule has 8 heteroatoms. The zero-order valence-electron chi connectivity index (χ0n) is 13.1. The number of halogens is 1. The van der Waals surface area contributed by atoms with Gasteiger partial charge in [0.15, 0.2) is 0 Å². The van der Waals surface area contributed by atoms with Crippen LogP contribution in [0.3, 0.4) is 0 Å². The molecule has 1 saturated heterocycles. The van der Waals surface area contributed by atoms with Crippen LogP contribution in [0.2, 0.25) is 0 Å². The zero-order chi connectivity index (χ0) is 16.9. The van der Waals surface area contributed by atoms with Crippen molar-refractivity contribution in [1.29, 1.82) is 0 Å². The van der Waals surface area contributed by atoms with E-state index < -0.39 is 10.0 Å². The van der Waals surface area contributed by atoms with Gasteiger partial charge in [-0.2, -0.15) is 4.31 Å². The third-order valence-electron chi connectivity index (χ3n) is 3.71. The minimum absolute atomic E-state index is 0.181. The molecule has 0 atom stereocenters. The van der Waals surface area contributed by atoms with Gasteiger partial charge in [0.05, 0.1) is 26.0 Å². The number of rotatable bonds is 6. The molecule has 1 heterocycles. The lowest BCUT2D eigenvalue weighted by Gasteiger charge is -2.29. The number of morpholine rings is 1. The first kappa shape index (κ1) is 17.8. The molecule has 2 rings (SSSR count). The Bertz CT molecular complexity index is 627. The van der Waals surface area contributed by atoms with Crippen LogP contribution in [0.1, 0.15) is 5.56 Å². The third kappa shape index (κ3) is 5.56. The van der Waals surface area contributed by atoms with Gasteiger partial charge >= 0.3 is 0 Å². The lowest BCUT2D eigenvalue weighted by atomic mass is 10.1. The van der Waals surface area contributed by atoms with E-state index in [-0.39, 0.29) is 24.8 Å². The first-order valence-electron chi connectivity index (χ1n) is 7.41. The molecule has 1 aliphatic heterocycles. The second kappa shape index (κ2) is 7.85. The van der Waals surface area contributed by atoms with Gasteiger partial charge in [0, 0.05) is 19.6 Å². The Balaban J connectivity index is 1.96. The molecule has 0 aliphatic carbocycles. The maximum absolute atomic E-state index is 12.9. The molecular weight excluding hydrogens is 323 g/mol. The van der Waals surface area contributed by atoms with E-state index in [4.69, 9.17) is 4.74 Å². The Labute approximate surface area is 135 Å². The van der Waals surface area contributed by atoms with Crippen molar-refractivity contribution in [3.63, 3.8) is 0 Å². The molecule has 0 saturated carbocycles. The molecule has 0 unspecified atom stereocenters. The summed E-state index contributed by atoms with van der Waals surface area (Å²) in [4.78, 5) is 13.8. The number of nitrogens with zero attached hydrogens (tertiary/aromatic N) is 2. The Morgan fingerprint density at radius 3 is 2.43 bits per heavy atom. The first-order valence-corrected chi connectivity index (χ1v) is 9.26. The van der Waals surface area contributed by atoms with Crippen LogP contribution in [0.5, 0.6) is 0 Å². The van der Waals surface area contributed by atoms with Crippen LogP contribution in [0.4, 0.5) is 4.39 Å². The summed E-state index contributed by atoms with van der Waals surface area (Å²) < 4.78 is 43.0. The van der Waals surface area contributed by atoms with E-state index >= 15 is 0 Å². The number of hydrogen-bond donors (Lipinski definition) is 0. The van der Waals surface area contributed by atoms with Crippen molar-refractivity contribution in [1.82, 2.24) is 9.21 Å². The minimum Gasteiger partial charge on any atom is -0.378 e. The van der Waals surface area contributed by atoms with Crippen molar-refractivity contribution < 1.29 is 22.3 Å². The van der Waals surface area contributed by atoms with Crippen LogP contribution in [-0.4, -0.2) is 69.2 Å². The van der Waals surface area contributed by atoms with Gasteiger partial charge in [-0.15, -0.1) is 0 Å². The number of hydrogen-bond acceptors (Lipinski definition) is 4. The normalized spacial score (nSPS) is 15.9. The van der Waals surface area contributed by atoms with Crippen LogP contribution in [0, 0.1) is 5.82 Å². The molecule has 1 aromatic rings. The van der Waals surface area contributed by atoms with E-state index in [0.29, 0.717) is 32.7 Å². The van der Waals surface area contributed by atoms with Gasteiger partial charge in [-0.1, -0.05) is 12.1 Å². The summed E-state index contributed by atoms with van der Waals surface area (Å²) in [6.07, 6.45) is 1.51. The number of sulfonamides is 1. The third-order valence-corrected chi connectivity index (χ3v) is 4.96. The summed E-state index contributed by atoms with van der Waals surface area (Å²) >= 11 is 0. The molecule has 1 amide bonds. The van der Waals surface area contributed by atoms with Crippen molar-refractivity contribution in [2.45, 2.75) is 6.42 Å². The molecule has 1 aromatic carbocycles. The van der Waals surface area contributed by atoms with Gasteiger partial charge in [-0.05, 0) is 24.1 Å². The van der Waals surface area contributed by atoms with Crippen LogP contribution >= 0.6 is 0 Å². The highest BCUT2D eigenvalue weighted by atomic mass is 32.2. The van der Waals surface area contributed by atoms with Gasteiger partial charge in [-0.25, -0.2) is 12.8 Å². The highest BCUT2D eigenvalue weighted by Gasteiger charge is 2.24. The van der Waals surface area contributed by atoms with Crippen LogP contribution in [-0.2, 0) is 26.0 Å². The maximum atomic E-state index is 12.9. The summed E-state index contributed by atoms with van der Waals surface area (Å²) in [6, 6.07) is 5.89. The van der Waals surface area contributed by atoms with Gasteiger partial charge in [-0.3, -0.25) is 4.79 Å². The Morgan fingerprint density at radius 2 is 1.87 bits per heavy atom. The Morgan fingerprint density at radius 1 is 1.26 bits per heavy atom. The standard InChI is InChI=1S/C15H21FN2O4S/c1-23(20,21)18(7-6-13-2-4-14(16)5-3-13)12-15(19)17-8-10-22-11-9-17/h2-5H,6-12H2,1H3. The lowest BCUT2D eigenvalue weighted by molar-refractivity contribution is -0.135. The quantitative estimate of drug-likeness (QED) is 0.753. The van der Waals surface area contributed by atoms with E-state index in [1.54, 1.807) is 17.0 Å². The number of carbonyl (C=O) groups is 1. The molecule has 0 spiro atoms. The molecule has 1 aliphatic rings. The molecule has 0 radical (unpaired) electrons. The predicted molar refractivity (Wildman–Crippen MR) is 83.9 cm³/mol. The fourth-order valence-electron chi connectivity index (χ4n) is 2.33. The second-order valence-corrected chi connectivity index (χ2v) is 7.45. The average molecular weight is 344 g/mol. The van der Waals surface area contributed by atoms with Gasteiger partial charge < -0.3 is 9.64 Å². The predicted octanol–water partition coefficient (Wildman–Crippen LogP) is 0.489. The molecule has 128 valence electrons. The van der Waals surface area contributed by atoms with Crippen molar-refractivity contribution >= 4 is 15.9 Å². The molecule has 1 fully saturated rings. The summed E-state index contributed by atoms with van der Waals surface area (Å²) in [5, 5.41) is 0. The molecule has 6 nitrogen and oxygen atoms in total. The smallest absolute Gasteiger partial charge is 0.238 e. The van der Waals surface area contributed by atoms with Crippen molar-refractivity contribution in [2.75, 3.05) is 45.6 Å². The summed E-state index contributed by atoms with van der Waals surface area (Å²) in [5.74, 6) is -0.561. The first-order chi connectivity index (χ1) is 10.9. The van der Waals surface area contributed by atoms with Crippen LogP contribution < -0.4 is 0 Å². The molecule has 0 bridgehead atoms. The van der Waals surface area contributed by atoms with Crippen LogP contribution in [0.15, 0.2) is 24.3 Å². The van der Waals surface area contributed by atoms with Crippen molar-refractivity contribution in [2.24, 2.45) is 0 Å². The number of ether oxygens (including phenoxy) is 1. The topological polar surface area (TPSA) is 66.9 Å². The SMILES string of the molecule is CS(=O)(=O)N(CCc1ccc(F)cc1)CC(=O)N1CCOCC1. The number of amides is 1. The van der Waals surface area contributed by atoms with E-state index in [1.165, 1.54) is 12.1 Å². The lowest BCUT2D eigenvalue weighted by Crippen LogP contribution is -2.47. The highest BCUT2D eigenvalue weighted by Crippen LogP contribution is 2.08. The number of benzene rings is 1. The average Bonchev–Trinajstić information content (AvgIpc) is 2.52. The monoisotopic (exact) mass is 344 g/mol. The largest absolute Gasteiger partial charge is 0.378 e. The van der Waals surface area contributed by atoms with Crippen molar-refractivity contribution in [3.8, 4) is 0 Å². The fourth-order valence-corrected chi connectivity index (χ4v) is 3.10. The zero-order valence-corrected chi connectivity index (χ0v) is 13.9. The fraction of sp³-hybridized carbons (Fsp3) is 0.533. The Hall–Kier alpha value is -1.51. The highest BCUT2D eigenvalue weighted by molar-refractivity contribution is 7.88. The summed E-state index contributed by atoms with van der Waals surface area (Å²) in [6.45, 7) is 1.91. The van der Waals surface area contributed by atoms with E-state index in [1.807, 2.05) is 0 Å². The molecule has 0 aromatic heterocycles. The molecular formula is C15H21FN2O4S. The van der Waals surface area contributed by atoms with E-state index in [9.17, 15) is 17.6 Å².